The predicted molar refractivity (Wildman–Crippen MR) is 182 cm³/mol. The number of carbonyl (C=O) groups is 2. The number of aryl methyl sites for hydroxylation is 1. The average molecular weight is 668 g/mol. The summed E-state index contributed by atoms with van der Waals surface area (Å²) in [6, 6.07) is 10.0. The van der Waals surface area contributed by atoms with Gasteiger partial charge in [-0.3, -0.25) is 14.6 Å². The van der Waals surface area contributed by atoms with Gasteiger partial charge in [0.1, 0.15) is 24.3 Å². The van der Waals surface area contributed by atoms with Gasteiger partial charge in [-0.05, 0) is 69.0 Å². The third kappa shape index (κ3) is 5.51. The largest absolute Gasteiger partial charge is 0.514 e. The zero-order valence-electron chi connectivity index (χ0n) is 28.1. The van der Waals surface area contributed by atoms with Crippen LogP contribution in [0.2, 0.25) is 0 Å². The average Bonchev–Trinajstić information content (AvgIpc) is 3.59. The molecule has 11 heteroatoms. The number of hydrogen-bond acceptors (Lipinski definition) is 10. The highest BCUT2D eigenvalue weighted by atomic mass is 16.7. The number of likely N-dealkylation sites (N-methyl/N-ethyl adjacent to an activating group) is 1. The standard InChI is InChI=1S/C38H41N3O8/c1-6-14-46-38(45)49-34-22(4)35-36(48-19-47-35)31-25(34)17-26-32-30-24(15-20(2)21(3)33(30)43)16-27(40(32)5)37(44)41(26)28(31)18-39-29(42)13-12-23-10-8-7-9-11-23/h6-13,15,26-28,32,37,43-44H,1,14,16-19H2,2-5H3,(H,39,42)/b13-12+/t26?,27-,28-,32-,37-/m0/s1. The molecular formula is C38H41N3O8. The first-order valence-corrected chi connectivity index (χ1v) is 16.5. The number of nitrogens with zero attached hydrogens (tertiary/aromatic N) is 2. The summed E-state index contributed by atoms with van der Waals surface area (Å²) < 4.78 is 23.1. The molecule has 3 aromatic rings. The lowest BCUT2D eigenvalue weighted by molar-refractivity contribution is -0.172. The summed E-state index contributed by atoms with van der Waals surface area (Å²) in [4.78, 5) is 30.4. The number of hydrogen-bond donors (Lipinski definition) is 3. The van der Waals surface area contributed by atoms with Gasteiger partial charge in [-0.15, -0.1) is 0 Å². The van der Waals surface area contributed by atoms with Gasteiger partial charge in [-0.2, -0.15) is 0 Å². The van der Waals surface area contributed by atoms with Crippen molar-refractivity contribution >= 4 is 18.1 Å². The van der Waals surface area contributed by atoms with Crippen LogP contribution in [0.5, 0.6) is 23.0 Å². The van der Waals surface area contributed by atoms with Crippen LogP contribution in [0.3, 0.4) is 0 Å². The number of fused-ring (bicyclic) bond motifs is 9. The molecule has 1 fully saturated rings. The van der Waals surface area contributed by atoms with Gasteiger partial charge in [0.15, 0.2) is 11.5 Å². The molecule has 5 atom stereocenters. The van der Waals surface area contributed by atoms with Gasteiger partial charge < -0.3 is 34.5 Å². The number of aromatic hydroxyl groups is 1. The molecule has 7 rings (SSSR count). The topological polar surface area (TPSA) is 130 Å². The highest BCUT2D eigenvalue weighted by Gasteiger charge is 2.56. The molecule has 4 aliphatic rings. The second kappa shape index (κ2) is 12.9. The van der Waals surface area contributed by atoms with Gasteiger partial charge >= 0.3 is 6.16 Å². The molecule has 0 radical (unpaired) electrons. The fourth-order valence-electron chi connectivity index (χ4n) is 8.07. The molecule has 1 saturated heterocycles. The smallest absolute Gasteiger partial charge is 0.507 e. The third-order valence-corrected chi connectivity index (χ3v) is 10.5. The summed E-state index contributed by atoms with van der Waals surface area (Å²) in [5.41, 5.74) is 6.43. The minimum Gasteiger partial charge on any atom is -0.507 e. The number of aliphatic hydroxyl groups is 1. The van der Waals surface area contributed by atoms with E-state index >= 15 is 0 Å². The minimum absolute atomic E-state index is 0.0263. The Balaban J connectivity index is 1.36. The number of ether oxygens (including phenoxy) is 4. The van der Waals surface area contributed by atoms with E-state index < -0.39 is 24.5 Å². The normalized spacial score (nSPS) is 23.7. The van der Waals surface area contributed by atoms with Crippen molar-refractivity contribution in [3.05, 3.63) is 99.6 Å². The molecular weight excluding hydrogens is 626 g/mol. The molecule has 256 valence electrons. The van der Waals surface area contributed by atoms with E-state index in [1.807, 2.05) is 56.1 Å². The van der Waals surface area contributed by atoms with Crippen molar-refractivity contribution in [1.29, 1.82) is 0 Å². The Morgan fingerprint density at radius 1 is 1.06 bits per heavy atom. The van der Waals surface area contributed by atoms with Crippen molar-refractivity contribution in [3.8, 4) is 23.0 Å². The van der Waals surface area contributed by atoms with E-state index in [1.165, 1.54) is 12.2 Å². The highest BCUT2D eigenvalue weighted by Crippen LogP contribution is 2.57. The van der Waals surface area contributed by atoms with Gasteiger partial charge in [-0.1, -0.05) is 49.1 Å². The molecule has 1 amide bonds. The van der Waals surface area contributed by atoms with Crippen LogP contribution in [0.15, 0.2) is 55.1 Å². The van der Waals surface area contributed by atoms with E-state index in [1.54, 1.807) is 13.0 Å². The van der Waals surface area contributed by atoms with Crippen molar-refractivity contribution in [2.75, 3.05) is 27.0 Å². The van der Waals surface area contributed by atoms with Crippen LogP contribution in [0, 0.1) is 20.8 Å². The number of carbonyl (C=O) groups excluding carboxylic acids is 2. The van der Waals surface area contributed by atoms with E-state index in [2.05, 4.69) is 22.9 Å². The number of phenols is 1. The minimum atomic E-state index is -0.945. The molecule has 0 spiro atoms. The molecule has 0 saturated carbocycles. The molecule has 4 aliphatic heterocycles. The first-order chi connectivity index (χ1) is 23.6. The number of amides is 1. The number of nitrogens with one attached hydrogen (secondary N) is 1. The van der Waals surface area contributed by atoms with Crippen molar-refractivity contribution in [2.24, 2.45) is 0 Å². The van der Waals surface area contributed by atoms with Crippen molar-refractivity contribution in [3.63, 3.8) is 0 Å². The number of rotatable bonds is 7. The van der Waals surface area contributed by atoms with Crippen molar-refractivity contribution in [2.45, 2.75) is 64.0 Å². The van der Waals surface area contributed by atoms with Crippen LogP contribution < -0.4 is 19.5 Å². The SMILES string of the molecule is C=CCOC(=O)Oc1c(C)c2c(c3c1CC1[C@H]4c5c(cc(C)c(C)c5O)C[C@@H]([C@H](O)N1[C@H]3CNC(=O)/C=C/c1ccccc1)N4C)OCO2. The molecule has 3 aromatic carbocycles. The summed E-state index contributed by atoms with van der Waals surface area (Å²) in [6.07, 6.45) is 3.70. The van der Waals surface area contributed by atoms with Gasteiger partial charge in [0, 0.05) is 40.9 Å². The van der Waals surface area contributed by atoms with Crippen LogP contribution in [-0.4, -0.2) is 77.4 Å². The maximum atomic E-state index is 13.3. The predicted octanol–water partition coefficient (Wildman–Crippen LogP) is 4.77. The van der Waals surface area contributed by atoms with Crippen molar-refractivity contribution in [1.82, 2.24) is 15.1 Å². The van der Waals surface area contributed by atoms with Gasteiger partial charge in [0.05, 0.1) is 18.1 Å². The maximum absolute atomic E-state index is 13.3. The van der Waals surface area contributed by atoms with E-state index in [0.717, 1.165) is 27.8 Å². The molecule has 4 heterocycles. The Hall–Kier alpha value is -4.84. The molecule has 2 bridgehead atoms. The lowest BCUT2D eigenvalue weighted by atomic mass is 9.73. The number of benzene rings is 3. The summed E-state index contributed by atoms with van der Waals surface area (Å²) in [7, 11) is 1.98. The number of aliphatic hydroxyl groups excluding tert-OH is 1. The lowest BCUT2D eigenvalue weighted by Crippen LogP contribution is -2.69. The molecule has 49 heavy (non-hydrogen) atoms. The summed E-state index contributed by atoms with van der Waals surface area (Å²) >= 11 is 0. The van der Waals surface area contributed by atoms with E-state index in [9.17, 15) is 19.8 Å². The lowest BCUT2D eigenvalue weighted by Gasteiger charge is -2.60. The zero-order chi connectivity index (χ0) is 34.6. The zero-order valence-corrected chi connectivity index (χ0v) is 28.1. The van der Waals surface area contributed by atoms with E-state index in [0.29, 0.717) is 41.0 Å². The molecule has 3 N–H and O–H groups in total. The van der Waals surface area contributed by atoms with E-state index in [-0.39, 0.29) is 49.4 Å². The first-order valence-electron chi connectivity index (χ1n) is 16.5. The summed E-state index contributed by atoms with van der Waals surface area (Å²) in [6.45, 7) is 9.34. The summed E-state index contributed by atoms with van der Waals surface area (Å²) in [5, 5.41) is 26.9. The van der Waals surface area contributed by atoms with Crippen LogP contribution in [-0.2, 0) is 22.4 Å². The molecule has 0 aromatic heterocycles. The molecule has 11 nitrogen and oxygen atoms in total. The highest BCUT2D eigenvalue weighted by molar-refractivity contribution is 5.91. The van der Waals surface area contributed by atoms with E-state index in [4.69, 9.17) is 18.9 Å². The Morgan fingerprint density at radius 2 is 1.82 bits per heavy atom. The van der Waals surface area contributed by atoms with Gasteiger partial charge in [0.2, 0.25) is 12.7 Å². The number of piperazine rings is 1. The Morgan fingerprint density at radius 3 is 2.57 bits per heavy atom. The quantitative estimate of drug-likeness (QED) is 0.140. The summed E-state index contributed by atoms with van der Waals surface area (Å²) in [5.74, 6) is 1.14. The van der Waals surface area contributed by atoms with Crippen LogP contribution in [0.25, 0.3) is 6.08 Å². The van der Waals surface area contributed by atoms with Crippen LogP contribution >= 0.6 is 0 Å². The Labute approximate surface area is 285 Å². The second-order valence-electron chi connectivity index (χ2n) is 13.1. The number of phenolic OH excluding ortho intramolecular Hbond substituents is 1. The molecule has 0 aliphatic carbocycles. The fraction of sp³-hybridized carbons (Fsp3) is 0.368. The molecule has 1 unspecified atom stereocenters. The van der Waals surface area contributed by atoms with Gasteiger partial charge in [-0.25, -0.2) is 4.79 Å². The van der Waals surface area contributed by atoms with Crippen molar-refractivity contribution < 1.29 is 38.7 Å². The fourth-order valence-corrected chi connectivity index (χ4v) is 8.07. The third-order valence-electron chi connectivity index (χ3n) is 10.5. The van der Waals surface area contributed by atoms with Crippen LogP contribution in [0.1, 0.15) is 56.6 Å². The van der Waals surface area contributed by atoms with Gasteiger partial charge in [0.25, 0.3) is 0 Å². The van der Waals surface area contributed by atoms with Crippen LogP contribution in [0.4, 0.5) is 4.79 Å². The monoisotopic (exact) mass is 667 g/mol. The Kier molecular flexibility index (Phi) is 8.60. The second-order valence-corrected chi connectivity index (χ2v) is 13.1. The first kappa shape index (κ1) is 32.7. The maximum Gasteiger partial charge on any atom is 0.514 e. The Bertz CT molecular complexity index is 1860.